The number of hydrogen-bond acceptors (Lipinski definition) is 4. The number of benzene rings is 1. The topological polar surface area (TPSA) is 46.0 Å². The van der Waals surface area contributed by atoms with Gasteiger partial charge in [-0.15, -0.1) is 11.3 Å². The number of aliphatic hydroxyl groups is 1. The van der Waals surface area contributed by atoms with E-state index in [1.165, 1.54) is 4.88 Å². The minimum absolute atomic E-state index is 0.520. The molecule has 3 nitrogen and oxygen atoms in total. The van der Waals surface area contributed by atoms with Gasteiger partial charge in [0.05, 0.1) is 22.0 Å². The van der Waals surface area contributed by atoms with Gasteiger partial charge in [-0.3, -0.25) is 9.97 Å². The standard InChI is InChI=1S/C21H17ClN2OS/c1-13(25)14-6-8-23-19(11-14)17-7-9-24-20-12-16(26-21(17)20)10-15-4-2-3-5-18(15)22/h2-9,11-13,25H,10H2,1H3. The zero-order chi connectivity index (χ0) is 18.1. The van der Waals surface area contributed by atoms with Crippen LogP contribution in [0.1, 0.15) is 29.0 Å². The van der Waals surface area contributed by atoms with Gasteiger partial charge >= 0.3 is 0 Å². The largest absolute Gasteiger partial charge is 0.389 e. The lowest BCUT2D eigenvalue weighted by atomic mass is 10.1. The molecule has 3 aromatic heterocycles. The van der Waals surface area contributed by atoms with Gasteiger partial charge < -0.3 is 5.11 Å². The quantitative estimate of drug-likeness (QED) is 0.497. The summed E-state index contributed by atoms with van der Waals surface area (Å²) in [4.78, 5) is 10.2. The fourth-order valence-electron chi connectivity index (χ4n) is 2.96. The maximum atomic E-state index is 9.85. The highest BCUT2D eigenvalue weighted by molar-refractivity contribution is 7.19. The van der Waals surface area contributed by atoms with Crippen molar-refractivity contribution >= 4 is 33.2 Å². The van der Waals surface area contributed by atoms with Crippen molar-refractivity contribution in [3.8, 4) is 11.3 Å². The molecule has 1 N–H and O–H groups in total. The molecule has 1 aromatic carbocycles. The molecular weight excluding hydrogens is 364 g/mol. The van der Waals surface area contributed by atoms with Gasteiger partial charge in [0.15, 0.2) is 0 Å². The Kier molecular flexibility index (Phi) is 4.72. The molecule has 0 amide bonds. The van der Waals surface area contributed by atoms with Crippen molar-refractivity contribution < 1.29 is 5.11 Å². The van der Waals surface area contributed by atoms with Crippen molar-refractivity contribution in [1.82, 2.24) is 9.97 Å². The monoisotopic (exact) mass is 380 g/mol. The van der Waals surface area contributed by atoms with Crippen LogP contribution in [0.15, 0.2) is 60.9 Å². The SMILES string of the molecule is CC(O)c1ccnc(-c2ccnc3cc(Cc4ccccc4Cl)sc23)c1. The highest BCUT2D eigenvalue weighted by Gasteiger charge is 2.12. The molecule has 0 aliphatic rings. The van der Waals surface area contributed by atoms with Crippen LogP contribution >= 0.6 is 22.9 Å². The van der Waals surface area contributed by atoms with Crippen LogP contribution in [-0.4, -0.2) is 15.1 Å². The van der Waals surface area contributed by atoms with Gasteiger partial charge in [0.25, 0.3) is 0 Å². The Bertz CT molecular complexity index is 1070. The van der Waals surface area contributed by atoms with Crippen LogP contribution in [0, 0.1) is 0 Å². The van der Waals surface area contributed by atoms with E-state index in [9.17, 15) is 5.11 Å². The van der Waals surface area contributed by atoms with E-state index in [-0.39, 0.29) is 0 Å². The van der Waals surface area contributed by atoms with Gasteiger partial charge in [-0.25, -0.2) is 0 Å². The number of halogens is 1. The maximum Gasteiger partial charge on any atom is 0.0819 e. The van der Waals surface area contributed by atoms with Gasteiger partial charge in [-0.2, -0.15) is 0 Å². The third-order valence-electron chi connectivity index (χ3n) is 4.33. The van der Waals surface area contributed by atoms with Crippen molar-refractivity contribution in [2.75, 3.05) is 0 Å². The molecule has 4 aromatic rings. The lowest BCUT2D eigenvalue weighted by Gasteiger charge is -2.07. The molecule has 0 bridgehead atoms. The Morgan fingerprint density at radius 2 is 1.88 bits per heavy atom. The summed E-state index contributed by atoms with van der Waals surface area (Å²) >= 11 is 8.02. The van der Waals surface area contributed by atoms with Crippen LogP contribution in [0.5, 0.6) is 0 Å². The van der Waals surface area contributed by atoms with Crippen molar-refractivity contribution in [1.29, 1.82) is 0 Å². The van der Waals surface area contributed by atoms with E-state index in [0.717, 1.165) is 44.0 Å². The minimum atomic E-state index is -0.520. The molecule has 0 aliphatic heterocycles. The summed E-state index contributed by atoms with van der Waals surface area (Å²) in [6, 6.07) is 15.8. The van der Waals surface area contributed by atoms with E-state index in [1.807, 2.05) is 36.4 Å². The van der Waals surface area contributed by atoms with Crippen LogP contribution < -0.4 is 0 Å². The fourth-order valence-corrected chi connectivity index (χ4v) is 4.32. The van der Waals surface area contributed by atoms with E-state index in [0.29, 0.717) is 0 Å². The summed E-state index contributed by atoms with van der Waals surface area (Å²) < 4.78 is 1.10. The molecular formula is C21H17ClN2OS. The highest BCUT2D eigenvalue weighted by Crippen LogP contribution is 2.35. The first-order chi connectivity index (χ1) is 12.6. The Morgan fingerprint density at radius 3 is 2.69 bits per heavy atom. The number of thiophene rings is 1. The first-order valence-corrected chi connectivity index (χ1v) is 9.56. The molecule has 1 unspecified atom stereocenters. The number of nitrogens with zero attached hydrogens (tertiary/aromatic N) is 2. The van der Waals surface area contributed by atoms with Crippen molar-refractivity contribution in [3.05, 3.63) is 82.0 Å². The molecule has 5 heteroatoms. The first kappa shape index (κ1) is 17.2. The van der Waals surface area contributed by atoms with Crippen molar-refractivity contribution in [3.63, 3.8) is 0 Å². The summed E-state index contributed by atoms with van der Waals surface area (Å²) in [5.41, 5.74) is 4.80. The number of rotatable bonds is 4. The zero-order valence-electron chi connectivity index (χ0n) is 14.2. The second kappa shape index (κ2) is 7.16. The number of aromatic nitrogens is 2. The van der Waals surface area contributed by atoms with E-state index >= 15 is 0 Å². The average Bonchev–Trinajstić information content (AvgIpc) is 3.06. The summed E-state index contributed by atoms with van der Waals surface area (Å²) in [7, 11) is 0. The van der Waals surface area contributed by atoms with Gasteiger partial charge in [0.1, 0.15) is 0 Å². The molecule has 0 spiro atoms. The summed E-state index contributed by atoms with van der Waals surface area (Å²) in [6.07, 6.45) is 3.80. The lowest BCUT2D eigenvalue weighted by molar-refractivity contribution is 0.199. The Labute approximate surface area is 160 Å². The molecule has 4 rings (SSSR count). The van der Waals surface area contributed by atoms with Gasteiger partial charge in [-0.1, -0.05) is 29.8 Å². The van der Waals surface area contributed by atoms with Crippen molar-refractivity contribution in [2.45, 2.75) is 19.4 Å². The number of fused-ring (bicyclic) bond motifs is 1. The Morgan fingerprint density at radius 1 is 1.08 bits per heavy atom. The van der Waals surface area contributed by atoms with Gasteiger partial charge in [0, 0.05) is 34.3 Å². The van der Waals surface area contributed by atoms with Crippen LogP contribution in [0.4, 0.5) is 0 Å². The molecule has 0 radical (unpaired) electrons. The van der Waals surface area contributed by atoms with Crippen LogP contribution in [0.2, 0.25) is 5.02 Å². The van der Waals surface area contributed by atoms with Crippen LogP contribution in [0.25, 0.3) is 21.5 Å². The molecule has 26 heavy (non-hydrogen) atoms. The van der Waals surface area contributed by atoms with Crippen molar-refractivity contribution in [2.24, 2.45) is 0 Å². The van der Waals surface area contributed by atoms with Crippen LogP contribution in [-0.2, 0) is 6.42 Å². The molecule has 1 atom stereocenters. The molecule has 0 saturated heterocycles. The first-order valence-electron chi connectivity index (χ1n) is 8.37. The molecule has 3 heterocycles. The number of aliphatic hydroxyl groups excluding tert-OH is 1. The zero-order valence-corrected chi connectivity index (χ0v) is 15.8. The summed E-state index contributed by atoms with van der Waals surface area (Å²) in [5, 5.41) is 10.6. The summed E-state index contributed by atoms with van der Waals surface area (Å²) in [6.45, 7) is 1.76. The molecule has 0 saturated carbocycles. The second-order valence-electron chi connectivity index (χ2n) is 6.20. The Balaban J connectivity index is 1.77. The normalized spacial score (nSPS) is 12.4. The smallest absolute Gasteiger partial charge is 0.0819 e. The van der Waals surface area contributed by atoms with Gasteiger partial charge in [0.2, 0.25) is 0 Å². The molecule has 0 fully saturated rings. The highest BCUT2D eigenvalue weighted by atomic mass is 35.5. The number of hydrogen-bond donors (Lipinski definition) is 1. The fraction of sp³-hybridized carbons (Fsp3) is 0.143. The average molecular weight is 381 g/mol. The second-order valence-corrected chi connectivity index (χ2v) is 7.75. The number of pyridine rings is 2. The van der Waals surface area contributed by atoms with E-state index in [4.69, 9.17) is 11.6 Å². The van der Waals surface area contributed by atoms with E-state index in [2.05, 4.69) is 22.1 Å². The molecule has 0 aliphatic carbocycles. The lowest BCUT2D eigenvalue weighted by Crippen LogP contribution is -1.93. The van der Waals surface area contributed by atoms with E-state index < -0.39 is 6.10 Å². The Hall–Kier alpha value is -2.27. The predicted molar refractivity (Wildman–Crippen MR) is 108 cm³/mol. The third kappa shape index (κ3) is 3.36. The van der Waals surface area contributed by atoms with E-state index in [1.54, 1.807) is 30.7 Å². The molecule has 130 valence electrons. The third-order valence-corrected chi connectivity index (χ3v) is 5.85. The predicted octanol–water partition coefficient (Wildman–Crippen LogP) is 5.66. The van der Waals surface area contributed by atoms with Crippen LogP contribution in [0.3, 0.4) is 0 Å². The maximum absolute atomic E-state index is 9.85. The van der Waals surface area contributed by atoms with Gasteiger partial charge in [-0.05, 0) is 48.4 Å². The summed E-state index contributed by atoms with van der Waals surface area (Å²) in [5.74, 6) is 0. The minimum Gasteiger partial charge on any atom is -0.389 e.